The molecular weight excluding hydrogens is 352 g/mol. The van der Waals surface area contributed by atoms with E-state index in [4.69, 9.17) is 9.47 Å². The number of nitrogens with zero attached hydrogens (tertiary/aromatic N) is 2. The molecule has 6 nitrogen and oxygen atoms in total. The second-order valence-corrected chi connectivity index (χ2v) is 6.50. The van der Waals surface area contributed by atoms with E-state index in [-0.39, 0.29) is 11.9 Å². The third-order valence-corrected chi connectivity index (χ3v) is 4.95. The van der Waals surface area contributed by atoms with Gasteiger partial charge < -0.3 is 14.0 Å². The van der Waals surface area contributed by atoms with Gasteiger partial charge in [-0.3, -0.25) is 4.79 Å². The first kappa shape index (κ1) is 17.9. The van der Waals surface area contributed by atoms with Crippen molar-refractivity contribution in [3.05, 3.63) is 58.4 Å². The van der Waals surface area contributed by atoms with Crippen molar-refractivity contribution in [2.24, 2.45) is 12.0 Å². The number of carbonyl (C=O) groups is 2. The van der Waals surface area contributed by atoms with Crippen LogP contribution in [0.3, 0.4) is 0 Å². The van der Waals surface area contributed by atoms with Gasteiger partial charge in [0.15, 0.2) is 4.80 Å². The Balaban J connectivity index is 1.98. The summed E-state index contributed by atoms with van der Waals surface area (Å²) in [5, 5.41) is 0. The topological polar surface area (TPSA) is 69.9 Å². The first-order chi connectivity index (χ1) is 12.5. The van der Waals surface area contributed by atoms with Crippen molar-refractivity contribution in [3.8, 4) is 5.75 Å². The molecule has 0 unspecified atom stereocenters. The number of ether oxygens (including phenoxy) is 2. The van der Waals surface area contributed by atoms with E-state index < -0.39 is 0 Å². The lowest BCUT2D eigenvalue weighted by atomic mass is 10.2. The lowest BCUT2D eigenvalue weighted by Gasteiger charge is -2.01. The fraction of sp³-hybridized carbons (Fsp3) is 0.211. The molecule has 1 heterocycles. The van der Waals surface area contributed by atoms with E-state index in [0.29, 0.717) is 28.3 Å². The van der Waals surface area contributed by atoms with Crippen molar-refractivity contribution in [1.29, 1.82) is 0 Å². The summed E-state index contributed by atoms with van der Waals surface area (Å²) in [7, 11) is 3.41. The van der Waals surface area contributed by atoms with Crippen LogP contribution in [-0.2, 0) is 11.8 Å². The second kappa shape index (κ2) is 7.53. The molecule has 2 aromatic carbocycles. The number of aryl methyl sites for hydroxylation is 1. The second-order valence-electron chi connectivity index (χ2n) is 5.49. The molecule has 3 aromatic rings. The van der Waals surface area contributed by atoms with Gasteiger partial charge in [-0.15, -0.1) is 0 Å². The number of rotatable bonds is 4. The molecule has 0 fully saturated rings. The van der Waals surface area contributed by atoms with Crippen LogP contribution in [0.25, 0.3) is 10.2 Å². The molecule has 0 saturated carbocycles. The van der Waals surface area contributed by atoms with Crippen molar-refractivity contribution < 1.29 is 19.1 Å². The monoisotopic (exact) mass is 370 g/mol. The normalized spacial score (nSPS) is 11.6. The van der Waals surface area contributed by atoms with E-state index in [1.54, 1.807) is 50.4 Å². The van der Waals surface area contributed by atoms with E-state index in [9.17, 15) is 9.59 Å². The highest BCUT2D eigenvalue weighted by atomic mass is 32.1. The van der Waals surface area contributed by atoms with Crippen LogP contribution in [0.1, 0.15) is 27.6 Å². The van der Waals surface area contributed by atoms with Gasteiger partial charge in [-0.2, -0.15) is 4.99 Å². The Hall–Kier alpha value is -2.93. The number of carbonyl (C=O) groups excluding carboxylic acids is 2. The van der Waals surface area contributed by atoms with Crippen LogP contribution >= 0.6 is 11.3 Å². The Morgan fingerprint density at radius 3 is 2.46 bits per heavy atom. The largest absolute Gasteiger partial charge is 0.497 e. The Labute approximate surface area is 154 Å². The molecular formula is C19H18N2O4S. The van der Waals surface area contributed by atoms with Gasteiger partial charge in [0.2, 0.25) is 0 Å². The third kappa shape index (κ3) is 3.52. The summed E-state index contributed by atoms with van der Waals surface area (Å²) in [5.41, 5.74) is 1.86. The van der Waals surface area contributed by atoms with Crippen LogP contribution in [-0.4, -0.2) is 30.2 Å². The van der Waals surface area contributed by atoms with E-state index in [2.05, 4.69) is 4.99 Å². The molecule has 0 aliphatic heterocycles. The van der Waals surface area contributed by atoms with Gasteiger partial charge in [0, 0.05) is 12.6 Å². The van der Waals surface area contributed by atoms with Crippen molar-refractivity contribution in [1.82, 2.24) is 4.57 Å². The highest BCUT2D eigenvalue weighted by Crippen LogP contribution is 2.19. The summed E-state index contributed by atoms with van der Waals surface area (Å²) < 4.78 is 12.8. The Morgan fingerprint density at radius 1 is 1.12 bits per heavy atom. The van der Waals surface area contributed by atoms with Crippen molar-refractivity contribution in [3.63, 3.8) is 0 Å². The zero-order chi connectivity index (χ0) is 18.7. The summed E-state index contributed by atoms with van der Waals surface area (Å²) in [5.74, 6) is -0.0147. The number of hydrogen-bond donors (Lipinski definition) is 0. The Bertz CT molecular complexity index is 1030. The summed E-state index contributed by atoms with van der Waals surface area (Å²) in [6.07, 6.45) is 0. The molecule has 0 radical (unpaired) electrons. The molecule has 0 aliphatic rings. The number of aromatic nitrogens is 1. The lowest BCUT2D eigenvalue weighted by molar-refractivity contribution is 0.0526. The SMILES string of the molecule is CCOC(=O)c1ccc2c(c1)sc(=NC(=O)c1ccc(OC)cc1)n2C. The molecule has 134 valence electrons. The lowest BCUT2D eigenvalue weighted by Crippen LogP contribution is -2.13. The van der Waals surface area contributed by atoms with E-state index in [1.165, 1.54) is 11.3 Å². The van der Waals surface area contributed by atoms with Crippen LogP contribution in [0.15, 0.2) is 47.5 Å². The fourth-order valence-electron chi connectivity index (χ4n) is 2.47. The van der Waals surface area contributed by atoms with Crippen molar-refractivity contribution in [2.75, 3.05) is 13.7 Å². The maximum Gasteiger partial charge on any atom is 0.338 e. The van der Waals surface area contributed by atoms with E-state index >= 15 is 0 Å². The minimum absolute atomic E-state index is 0.325. The highest BCUT2D eigenvalue weighted by Gasteiger charge is 2.11. The smallest absolute Gasteiger partial charge is 0.338 e. The standard InChI is InChI=1S/C19H18N2O4S/c1-4-25-18(23)13-7-10-15-16(11-13)26-19(21(15)2)20-17(22)12-5-8-14(24-3)9-6-12/h5-11H,4H2,1-3H3. The average Bonchev–Trinajstić information content (AvgIpc) is 2.97. The molecule has 1 amide bonds. The van der Waals surface area contributed by atoms with Gasteiger partial charge in [-0.05, 0) is 49.4 Å². The number of fused-ring (bicyclic) bond motifs is 1. The third-order valence-electron chi connectivity index (χ3n) is 3.85. The molecule has 1 aromatic heterocycles. The van der Waals surface area contributed by atoms with Gasteiger partial charge in [-0.1, -0.05) is 11.3 Å². The molecule has 0 aliphatic carbocycles. The predicted octanol–water partition coefficient (Wildman–Crippen LogP) is 3.17. The minimum Gasteiger partial charge on any atom is -0.497 e. The maximum absolute atomic E-state index is 12.4. The van der Waals surface area contributed by atoms with Crippen LogP contribution in [0.4, 0.5) is 0 Å². The molecule has 7 heteroatoms. The Morgan fingerprint density at radius 2 is 1.81 bits per heavy atom. The van der Waals surface area contributed by atoms with Crippen LogP contribution in [0.5, 0.6) is 5.75 Å². The summed E-state index contributed by atoms with van der Waals surface area (Å²) >= 11 is 1.35. The quantitative estimate of drug-likeness (QED) is 0.662. The number of esters is 1. The summed E-state index contributed by atoms with van der Waals surface area (Å²) in [6.45, 7) is 2.09. The number of benzene rings is 2. The van der Waals surface area contributed by atoms with E-state index in [1.807, 2.05) is 17.7 Å². The predicted molar refractivity (Wildman–Crippen MR) is 99.6 cm³/mol. The number of hydrogen-bond acceptors (Lipinski definition) is 5. The van der Waals surface area contributed by atoms with E-state index in [0.717, 1.165) is 10.2 Å². The molecule has 0 bridgehead atoms. The van der Waals surface area contributed by atoms with Crippen LogP contribution < -0.4 is 9.54 Å². The molecule has 0 spiro atoms. The highest BCUT2D eigenvalue weighted by molar-refractivity contribution is 7.16. The number of amides is 1. The zero-order valence-electron chi connectivity index (χ0n) is 14.7. The van der Waals surface area contributed by atoms with Crippen molar-refractivity contribution in [2.45, 2.75) is 6.92 Å². The van der Waals surface area contributed by atoms with Gasteiger partial charge in [0.25, 0.3) is 5.91 Å². The number of thiazole rings is 1. The molecule has 0 N–H and O–H groups in total. The molecule has 26 heavy (non-hydrogen) atoms. The molecule has 3 rings (SSSR count). The van der Waals surface area contributed by atoms with Gasteiger partial charge in [-0.25, -0.2) is 4.79 Å². The minimum atomic E-state index is -0.363. The van der Waals surface area contributed by atoms with Crippen molar-refractivity contribution >= 4 is 33.4 Å². The van der Waals surface area contributed by atoms with Gasteiger partial charge in [0.05, 0.1) is 29.5 Å². The first-order valence-electron chi connectivity index (χ1n) is 8.03. The zero-order valence-corrected chi connectivity index (χ0v) is 15.5. The first-order valence-corrected chi connectivity index (χ1v) is 8.85. The maximum atomic E-state index is 12.4. The summed E-state index contributed by atoms with van der Waals surface area (Å²) in [6, 6.07) is 12.1. The molecule has 0 saturated heterocycles. The molecule has 0 atom stereocenters. The van der Waals surface area contributed by atoms with Crippen LogP contribution in [0, 0.1) is 0 Å². The fourth-order valence-corrected chi connectivity index (χ4v) is 3.52. The number of methoxy groups -OCH3 is 1. The Kier molecular flexibility index (Phi) is 5.18. The van der Waals surface area contributed by atoms with Gasteiger partial charge in [0.1, 0.15) is 5.75 Å². The van der Waals surface area contributed by atoms with Gasteiger partial charge >= 0.3 is 5.97 Å². The summed E-state index contributed by atoms with van der Waals surface area (Å²) in [4.78, 5) is 29.1. The average molecular weight is 370 g/mol. The van der Waals surface area contributed by atoms with Crippen LogP contribution in [0.2, 0.25) is 0 Å².